The molecule has 0 bridgehead atoms. The number of carbonyl (C=O) groups is 1. The molecule has 19 heavy (non-hydrogen) atoms. The zero-order valence-electron chi connectivity index (χ0n) is 13.4. The van der Waals surface area contributed by atoms with Crippen LogP contribution in [0.1, 0.15) is 47.5 Å². The minimum absolute atomic E-state index is 0.150. The Kier molecular flexibility index (Phi) is 5.39. The largest absolute Gasteiger partial charge is 0.465 e. The average Bonchev–Trinajstić information content (AvgIpc) is 2.70. The number of nitrogens with one attached hydrogen (secondary N) is 1. The molecule has 1 N–H and O–H groups in total. The van der Waals surface area contributed by atoms with Crippen LogP contribution in [0.15, 0.2) is 0 Å². The highest BCUT2D eigenvalue weighted by atomic mass is 16.5. The molecule has 0 aromatic carbocycles. The van der Waals surface area contributed by atoms with Crippen molar-refractivity contribution in [1.29, 1.82) is 0 Å². The minimum atomic E-state index is -0.595. The van der Waals surface area contributed by atoms with Gasteiger partial charge in [0, 0.05) is 12.6 Å². The Hall–Kier alpha value is -0.610. The van der Waals surface area contributed by atoms with Gasteiger partial charge in [0.1, 0.15) is 5.54 Å². The predicted octanol–water partition coefficient (Wildman–Crippen LogP) is 2.04. The third-order valence-electron chi connectivity index (χ3n) is 4.31. The second-order valence-electron chi connectivity index (χ2n) is 6.74. The van der Waals surface area contributed by atoms with Crippen molar-refractivity contribution < 1.29 is 9.53 Å². The van der Waals surface area contributed by atoms with E-state index in [-0.39, 0.29) is 5.97 Å². The van der Waals surface area contributed by atoms with E-state index < -0.39 is 5.54 Å². The fraction of sp³-hybridized carbons (Fsp3) is 0.933. The molecule has 112 valence electrons. The van der Waals surface area contributed by atoms with Crippen molar-refractivity contribution in [2.45, 2.75) is 59.0 Å². The molecule has 4 nitrogen and oxygen atoms in total. The summed E-state index contributed by atoms with van der Waals surface area (Å²) >= 11 is 0. The van der Waals surface area contributed by atoms with E-state index in [9.17, 15) is 4.79 Å². The number of carbonyl (C=O) groups excluding carboxylic acids is 1. The van der Waals surface area contributed by atoms with E-state index in [4.69, 9.17) is 4.74 Å². The van der Waals surface area contributed by atoms with Gasteiger partial charge in [-0.05, 0) is 52.6 Å². The van der Waals surface area contributed by atoms with Gasteiger partial charge >= 0.3 is 5.97 Å². The van der Waals surface area contributed by atoms with E-state index in [0.717, 1.165) is 19.5 Å². The van der Waals surface area contributed by atoms with Crippen LogP contribution in [-0.4, -0.2) is 49.2 Å². The molecule has 2 atom stereocenters. The maximum Gasteiger partial charge on any atom is 0.326 e. The smallest absolute Gasteiger partial charge is 0.326 e. The van der Waals surface area contributed by atoms with Crippen LogP contribution in [0.4, 0.5) is 0 Å². The third-order valence-corrected chi connectivity index (χ3v) is 4.31. The summed E-state index contributed by atoms with van der Waals surface area (Å²) in [6.07, 6.45) is 2.01. The molecule has 0 amide bonds. The van der Waals surface area contributed by atoms with Crippen LogP contribution in [0.3, 0.4) is 0 Å². The Labute approximate surface area is 117 Å². The van der Waals surface area contributed by atoms with E-state index in [1.807, 2.05) is 20.9 Å². The average molecular weight is 270 g/mol. The van der Waals surface area contributed by atoms with E-state index in [2.05, 4.69) is 31.0 Å². The summed E-state index contributed by atoms with van der Waals surface area (Å²) in [5.74, 6) is -0.150. The summed E-state index contributed by atoms with van der Waals surface area (Å²) in [6.45, 7) is 13.3. The van der Waals surface area contributed by atoms with Gasteiger partial charge in [0.15, 0.2) is 0 Å². The first-order valence-corrected chi connectivity index (χ1v) is 7.34. The minimum Gasteiger partial charge on any atom is -0.465 e. The molecule has 0 aromatic rings. The molecule has 0 spiro atoms. The number of esters is 1. The first-order chi connectivity index (χ1) is 8.74. The van der Waals surface area contributed by atoms with Crippen LogP contribution in [0.5, 0.6) is 0 Å². The molecular weight excluding hydrogens is 240 g/mol. The van der Waals surface area contributed by atoms with Gasteiger partial charge in [-0.3, -0.25) is 4.79 Å². The summed E-state index contributed by atoms with van der Waals surface area (Å²) in [4.78, 5) is 14.6. The van der Waals surface area contributed by atoms with Gasteiger partial charge in [0.05, 0.1) is 6.61 Å². The SMILES string of the molecule is CCOC(=O)C(C)(CC(C)N1CCC(C)(C)C1)NC. The van der Waals surface area contributed by atoms with Gasteiger partial charge in [-0.15, -0.1) is 0 Å². The quantitative estimate of drug-likeness (QED) is 0.750. The molecule has 1 saturated heterocycles. The zero-order chi connectivity index (χ0) is 14.7. The molecule has 0 aliphatic carbocycles. The first-order valence-electron chi connectivity index (χ1n) is 7.34. The Morgan fingerprint density at radius 2 is 2.16 bits per heavy atom. The molecule has 1 fully saturated rings. The summed E-state index contributed by atoms with van der Waals surface area (Å²) in [5, 5.41) is 3.14. The lowest BCUT2D eigenvalue weighted by Crippen LogP contribution is -2.52. The van der Waals surface area contributed by atoms with Crippen LogP contribution >= 0.6 is 0 Å². The number of likely N-dealkylation sites (N-methyl/N-ethyl adjacent to an activating group) is 1. The van der Waals surface area contributed by atoms with Crippen molar-refractivity contribution >= 4 is 5.97 Å². The number of rotatable bonds is 6. The molecule has 1 aliphatic rings. The fourth-order valence-corrected chi connectivity index (χ4v) is 2.83. The van der Waals surface area contributed by atoms with Crippen LogP contribution in [-0.2, 0) is 9.53 Å². The molecule has 1 aliphatic heterocycles. The maximum absolute atomic E-state index is 12.1. The topological polar surface area (TPSA) is 41.6 Å². The second kappa shape index (κ2) is 6.23. The summed E-state index contributed by atoms with van der Waals surface area (Å²) in [6, 6.07) is 0.378. The maximum atomic E-state index is 12.1. The lowest BCUT2D eigenvalue weighted by molar-refractivity contribution is -0.151. The van der Waals surface area contributed by atoms with Crippen molar-refractivity contribution in [2.24, 2.45) is 5.41 Å². The zero-order valence-corrected chi connectivity index (χ0v) is 13.4. The van der Waals surface area contributed by atoms with E-state index in [1.54, 1.807) is 0 Å². The molecule has 4 heteroatoms. The molecule has 0 aromatic heterocycles. The summed E-state index contributed by atoms with van der Waals surface area (Å²) < 4.78 is 5.18. The van der Waals surface area contributed by atoms with Crippen molar-refractivity contribution in [3.05, 3.63) is 0 Å². The van der Waals surface area contributed by atoms with Crippen molar-refractivity contribution in [2.75, 3.05) is 26.7 Å². The molecule has 1 heterocycles. The van der Waals surface area contributed by atoms with Gasteiger partial charge in [-0.25, -0.2) is 0 Å². The first kappa shape index (κ1) is 16.4. The van der Waals surface area contributed by atoms with E-state index in [0.29, 0.717) is 18.1 Å². The molecule has 1 rings (SSSR count). The standard InChI is InChI=1S/C15H30N2O2/c1-7-19-13(18)15(5,16-6)10-12(2)17-9-8-14(3,4)11-17/h12,16H,7-11H2,1-6H3. The third kappa shape index (κ3) is 4.18. The number of likely N-dealkylation sites (tertiary alicyclic amines) is 1. The number of ether oxygens (including phenoxy) is 1. The van der Waals surface area contributed by atoms with Gasteiger partial charge < -0.3 is 15.0 Å². The lowest BCUT2D eigenvalue weighted by atomic mass is 9.92. The van der Waals surface area contributed by atoms with Gasteiger partial charge in [0.2, 0.25) is 0 Å². The predicted molar refractivity (Wildman–Crippen MR) is 78.1 cm³/mol. The molecule has 2 unspecified atom stereocenters. The van der Waals surface area contributed by atoms with Crippen LogP contribution in [0.25, 0.3) is 0 Å². The van der Waals surface area contributed by atoms with Crippen molar-refractivity contribution in [1.82, 2.24) is 10.2 Å². The number of nitrogens with zero attached hydrogens (tertiary/aromatic N) is 1. The van der Waals surface area contributed by atoms with Crippen LogP contribution < -0.4 is 5.32 Å². The van der Waals surface area contributed by atoms with Crippen molar-refractivity contribution in [3.8, 4) is 0 Å². The highest BCUT2D eigenvalue weighted by Gasteiger charge is 2.38. The van der Waals surface area contributed by atoms with Crippen molar-refractivity contribution in [3.63, 3.8) is 0 Å². The highest BCUT2D eigenvalue weighted by molar-refractivity contribution is 5.80. The number of hydrogen-bond donors (Lipinski definition) is 1. The second-order valence-corrected chi connectivity index (χ2v) is 6.74. The highest BCUT2D eigenvalue weighted by Crippen LogP contribution is 2.31. The Morgan fingerprint density at radius 1 is 1.53 bits per heavy atom. The molecule has 0 saturated carbocycles. The Balaban J connectivity index is 2.63. The van der Waals surface area contributed by atoms with E-state index >= 15 is 0 Å². The molecular formula is C15H30N2O2. The molecule has 0 radical (unpaired) electrons. The Morgan fingerprint density at radius 3 is 2.58 bits per heavy atom. The Bertz CT molecular complexity index is 317. The normalized spacial score (nSPS) is 23.9. The monoisotopic (exact) mass is 270 g/mol. The summed E-state index contributed by atoms with van der Waals surface area (Å²) in [7, 11) is 1.83. The van der Waals surface area contributed by atoms with Gasteiger partial charge in [0.25, 0.3) is 0 Å². The summed E-state index contributed by atoms with van der Waals surface area (Å²) in [5.41, 5.74) is -0.198. The fourth-order valence-electron chi connectivity index (χ4n) is 2.83. The van der Waals surface area contributed by atoms with Gasteiger partial charge in [-0.1, -0.05) is 13.8 Å². The van der Waals surface area contributed by atoms with Gasteiger partial charge in [-0.2, -0.15) is 0 Å². The number of hydrogen-bond acceptors (Lipinski definition) is 4. The van der Waals surface area contributed by atoms with Crippen LogP contribution in [0.2, 0.25) is 0 Å². The van der Waals surface area contributed by atoms with Crippen LogP contribution in [0, 0.1) is 5.41 Å². The lowest BCUT2D eigenvalue weighted by Gasteiger charge is -2.34. The van der Waals surface area contributed by atoms with E-state index in [1.165, 1.54) is 6.42 Å².